The Hall–Kier alpha value is -5.09. The van der Waals surface area contributed by atoms with E-state index in [0.29, 0.717) is 44.0 Å². The smallest absolute Gasteiger partial charge is 0.410 e. The predicted octanol–water partition coefficient (Wildman–Crippen LogP) is 7.30. The fourth-order valence-electron chi connectivity index (χ4n) is 3.97. The van der Waals surface area contributed by atoms with Gasteiger partial charge in [0.1, 0.15) is 26.7 Å². The topological polar surface area (TPSA) is 167 Å². The molecular weight excluding hydrogens is 550 g/mol. The van der Waals surface area contributed by atoms with Crippen LogP contribution in [0.25, 0.3) is 21.9 Å². The molecule has 40 heavy (non-hydrogen) atoms. The summed E-state index contributed by atoms with van der Waals surface area (Å²) in [6.45, 7) is 0. The first-order valence-electron chi connectivity index (χ1n) is 11.6. The molecule has 5 aromatic rings. The van der Waals surface area contributed by atoms with Crippen LogP contribution in [0.2, 0.25) is 0 Å². The Kier molecular flexibility index (Phi) is 7.26. The molecule has 4 N–H and O–H groups in total. The fraction of sp³-hybridized carbons (Fsp3) is 0. The third-order valence-corrected chi connectivity index (χ3v) is 7.58. The first kappa shape index (κ1) is 26.5. The number of nitriles is 1. The highest BCUT2D eigenvalue weighted by Gasteiger charge is 2.19. The number of carbonyl (C=O) groups excluding carboxylic acids is 1. The number of para-hydroxylation sites is 1. The third kappa shape index (κ3) is 5.67. The number of rotatable bonds is 6. The van der Waals surface area contributed by atoms with Gasteiger partial charge in [0.25, 0.3) is 10.1 Å². The van der Waals surface area contributed by atoms with Gasteiger partial charge in [-0.15, -0.1) is 10.2 Å². The number of carbonyl (C=O) groups is 1. The third-order valence-electron chi connectivity index (χ3n) is 5.76. The summed E-state index contributed by atoms with van der Waals surface area (Å²) in [6, 6.07) is 26.8. The van der Waals surface area contributed by atoms with Crippen molar-refractivity contribution >= 4 is 59.7 Å². The summed E-state index contributed by atoms with van der Waals surface area (Å²) in [6.07, 6.45) is -0.654. The number of ether oxygens (including phenoxy) is 1. The number of nitrogens with one attached hydrogen (secondary N) is 1. The largest absolute Gasteiger partial charge is 0.417 e. The lowest BCUT2D eigenvalue weighted by Crippen LogP contribution is -2.16. The summed E-state index contributed by atoms with van der Waals surface area (Å²) in [4.78, 5) is 12.0. The predicted molar refractivity (Wildman–Crippen MR) is 153 cm³/mol. The lowest BCUT2D eigenvalue weighted by Gasteiger charge is -2.08. The minimum atomic E-state index is -4.45. The molecule has 1 amide bonds. The molecule has 0 saturated heterocycles. The van der Waals surface area contributed by atoms with Crippen LogP contribution in [-0.2, 0) is 10.1 Å². The van der Waals surface area contributed by atoms with E-state index in [2.05, 4.69) is 21.6 Å². The van der Waals surface area contributed by atoms with Crippen LogP contribution in [0.15, 0.2) is 106 Å². The number of amides is 1. The fourth-order valence-corrected chi connectivity index (χ4v) is 5.53. The van der Waals surface area contributed by atoms with E-state index in [9.17, 15) is 23.0 Å². The highest BCUT2D eigenvalue weighted by atomic mass is 32.2. The maximum atomic E-state index is 12.2. The SMILES string of the molecule is N#Cc1c(N)sc(N=Nc2ccc3cccc(S(=O)(=O)O)c3c2)c1-c1ccc(NC(=O)Oc2ccccc2)cc1. The van der Waals surface area contributed by atoms with Gasteiger partial charge in [0.05, 0.1) is 11.3 Å². The van der Waals surface area contributed by atoms with E-state index in [-0.39, 0.29) is 15.5 Å². The second-order valence-corrected chi connectivity index (χ2v) is 10.8. The number of nitrogens with two attached hydrogens (primary N) is 1. The molecular formula is C28H19N5O5S2. The van der Waals surface area contributed by atoms with Crippen LogP contribution in [0.1, 0.15) is 5.56 Å². The zero-order valence-electron chi connectivity index (χ0n) is 20.5. The van der Waals surface area contributed by atoms with Crippen LogP contribution in [-0.4, -0.2) is 19.1 Å². The summed E-state index contributed by atoms with van der Waals surface area (Å²) in [5.41, 5.74) is 8.21. The van der Waals surface area contributed by atoms with Gasteiger partial charge in [-0.05, 0) is 53.4 Å². The zero-order valence-corrected chi connectivity index (χ0v) is 22.1. The molecule has 0 aliphatic rings. The van der Waals surface area contributed by atoms with Gasteiger partial charge in [-0.1, -0.05) is 59.9 Å². The highest BCUT2D eigenvalue weighted by Crippen LogP contribution is 2.45. The van der Waals surface area contributed by atoms with Crippen molar-refractivity contribution in [1.29, 1.82) is 5.26 Å². The number of hydrogen-bond acceptors (Lipinski definition) is 9. The van der Waals surface area contributed by atoms with Crippen LogP contribution in [0.3, 0.4) is 0 Å². The minimum absolute atomic E-state index is 0.232. The second kappa shape index (κ2) is 11.0. The van der Waals surface area contributed by atoms with Gasteiger partial charge in [0, 0.05) is 16.6 Å². The normalized spacial score (nSPS) is 11.4. The summed E-state index contributed by atoms with van der Waals surface area (Å²) < 4.78 is 38.4. The Labute approximate surface area is 232 Å². The quantitative estimate of drug-likeness (QED) is 0.142. The molecule has 0 aliphatic carbocycles. The van der Waals surface area contributed by atoms with E-state index < -0.39 is 16.2 Å². The van der Waals surface area contributed by atoms with Crippen molar-refractivity contribution in [2.24, 2.45) is 10.2 Å². The standard InChI is InChI=1S/C28H19N5O5S2/c29-16-23-25(18-10-12-19(13-11-18)31-28(34)38-21-6-2-1-3-7-21)27(39-26(23)30)33-32-20-14-9-17-5-4-8-24(22(17)15-20)40(35,36)37/h1-15H,30H2,(H,31,34)(H,35,36,37). The molecule has 5 rings (SSSR count). The molecule has 10 nitrogen and oxygen atoms in total. The van der Waals surface area contributed by atoms with Crippen LogP contribution < -0.4 is 15.8 Å². The molecule has 1 aromatic heterocycles. The second-order valence-electron chi connectivity index (χ2n) is 8.37. The molecule has 0 aliphatic heterocycles. The van der Waals surface area contributed by atoms with Gasteiger partial charge in [0.15, 0.2) is 0 Å². The Balaban J connectivity index is 1.43. The lowest BCUT2D eigenvalue weighted by molar-refractivity contribution is 0.215. The molecule has 4 aromatic carbocycles. The van der Waals surface area contributed by atoms with Crippen LogP contribution in [0.5, 0.6) is 5.75 Å². The van der Waals surface area contributed by atoms with Gasteiger partial charge >= 0.3 is 6.09 Å². The van der Waals surface area contributed by atoms with E-state index in [1.807, 2.05) is 6.07 Å². The van der Waals surface area contributed by atoms with E-state index in [1.54, 1.807) is 66.7 Å². The molecule has 0 atom stereocenters. The maximum Gasteiger partial charge on any atom is 0.417 e. The number of hydrogen-bond donors (Lipinski definition) is 3. The first-order valence-corrected chi connectivity index (χ1v) is 13.9. The Morgan fingerprint density at radius 2 is 1.73 bits per heavy atom. The van der Waals surface area contributed by atoms with Crippen LogP contribution in [0.4, 0.5) is 26.2 Å². The summed E-state index contributed by atoms with van der Waals surface area (Å²) in [5, 5.41) is 22.5. The molecule has 198 valence electrons. The zero-order chi connectivity index (χ0) is 28.3. The molecule has 1 heterocycles. The minimum Gasteiger partial charge on any atom is -0.410 e. The first-order chi connectivity index (χ1) is 19.2. The molecule has 0 fully saturated rings. The Morgan fingerprint density at radius 1 is 0.975 bits per heavy atom. The summed E-state index contributed by atoms with van der Waals surface area (Å²) in [7, 11) is -4.45. The average molecular weight is 570 g/mol. The van der Waals surface area contributed by atoms with Gasteiger partial charge in [0.2, 0.25) is 0 Å². The highest BCUT2D eigenvalue weighted by molar-refractivity contribution is 7.86. The van der Waals surface area contributed by atoms with Crippen molar-refractivity contribution in [3.8, 4) is 22.9 Å². The molecule has 0 spiro atoms. The number of fused-ring (bicyclic) bond motifs is 1. The summed E-state index contributed by atoms with van der Waals surface area (Å²) in [5.74, 6) is 0.402. The molecule has 0 saturated carbocycles. The van der Waals surface area contributed by atoms with Crippen LogP contribution in [0, 0.1) is 11.3 Å². The van der Waals surface area contributed by atoms with Gasteiger partial charge in [-0.2, -0.15) is 13.7 Å². The van der Waals surface area contributed by atoms with E-state index in [4.69, 9.17) is 10.5 Å². The number of benzene rings is 4. The van der Waals surface area contributed by atoms with E-state index in [1.165, 1.54) is 18.2 Å². The van der Waals surface area contributed by atoms with Gasteiger partial charge in [-0.3, -0.25) is 9.87 Å². The van der Waals surface area contributed by atoms with Crippen molar-refractivity contribution in [3.05, 3.63) is 96.6 Å². The maximum absolute atomic E-state index is 12.2. The van der Waals surface area contributed by atoms with Crippen LogP contribution >= 0.6 is 11.3 Å². The average Bonchev–Trinajstić information content (AvgIpc) is 3.26. The molecule has 0 unspecified atom stereocenters. The molecule has 0 bridgehead atoms. The number of nitrogens with zero attached hydrogens (tertiary/aromatic N) is 3. The van der Waals surface area contributed by atoms with Crippen molar-refractivity contribution in [2.45, 2.75) is 4.90 Å². The van der Waals surface area contributed by atoms with Crippen molar-refractivity contribution in [3.63, 3.8) is 0 Å². The van der Waals surface area contributed by atoms with Crippen molar-refractivity contribution < 1.29 is 22.5 Å². The van der Waals surface area contributed by atoms with Gasteiger partial charge in [-0.25, -0.2) is 4.79 Å². The lowest BCUT2D eigenvalue weighted by atomic mass is 10.0. The monoisotopic (exact) mass is 569 g/mol. The number of anilines is 2. The number of azo groups is 1. The van der Waals surface area contributed by atoms with Gasteiger partial charge < -0.3 is 10.5 Å². The number of thiophene rings is 1. The molecule has 0 radical (unpaired) electrons. The molecule has 12 heteroatoms. The van der Waals surface area contributed by atoms with E-state index >= 15 is 0 Å². The Morgan fingerprint density at radius 3 is 2.42 bits per heavy atom. The Bertz CT molecular complexity index is 1910. The van der Waals surface area contributed by atoms with E-state index in [0.717, 1.165) is 11.3 Å². The van der Waals surface area contributed by atoms with Crippen molar-refractivity contribution in [1.82, 2.24) is 0 Å². The summed E-state index contributed by atoms with van der Waals surface area (Å²) >= 11 is 1.08. The number of nitrogen functional groups attached to an aromatic ring is 1. The van der Waals surface area contributed by atoms with Crippen molar-refractivity contribution in [2.75, 3.05) is 11.1 Å².